The van der Waals surface area contributed by atoms with Gasteiger partial charge in [-0.05, 0) is 18.6 Å². The van der Waals surface area contributed by atoms with Crippen LogP contribution in [0.4, 0.5) is 0 Å². The molecule has 0 bridgehead atoms. The highest BCUT2D eigenvalue weighted by molar-refractivity contribution is 7.99. The molecule has 0 radical (unpaired) electrons. The number of thioether (sulfide) groups is 1. The summed E-state index contributed by atoms with van der Waals surface area (Å²) in [7, 11) is 0. The molecule has 0 spiro atoms. The van der Waals surface area contributed by atoms with Gasteiger partial charge in [-0.2, -0.15) is 24.4 Å². The van der Waals surface area contributed by atoms with E-state index in [0.717, 1.165) is 17.4 Å². The summed E-state index contributed by atoms with van der Waals surface area (Å²) < 4.78 is 0. The van der Waals surface area contributed by atoms with Crippen molar-refractivity contribution in [2.75, 3.05) is 11.5 Å². The molecule has 76 valence electrons. The molecule has 0 aromatic carbocycles. The predicted molar refractivity (Wildman–Crippen MR) is 61.6 cm³/mol. The molecule has 1 rings (SSSR count). The normalized spacial score (nSPS) is 28.5. The molecule has 0 aromatic heterocycles. The summed E-state index contributed by atoms with van der Waals surface area (Å²) in [6, 6.07) is 0.397. The van der Waals surface area contributed by atoms with Crippen LogP contribution >= 0.6 is 24.4 Å². The molecule has 2 unspecified atom stereocenters. The Morgan fingerprint density at radius 2 is 2.38 bits per heavy atom. The van der Waals surface area contributed by atoms with Gasteiger partial charge in [-0.3, -0.25) is 4.79 Å². The van der Waals surface area contributed by atoms with Crippen LogP contribution in [0.25, 0.3) is 0 Å². The average molecular weight is 219 g/mol. The van der Waals surface area contributed by atoms with Crippen LogP contribution in [0.3, 0.4) is 0 Å². The Kier molecular flexibility index (Phi) is 5.02. The second-order valence-corrected chi connectivity index (χ2v) is 5.38. The van der Waals surface area contributed by atoms with Crippen LogP contribution in [-0.4, -0.2) is 28.7 Å². The third kappa shape index (κ3) is 4.27. The van der Waals surface area contributed by atoms with E-state index in [-0.39, 0.29) is 5.91 Å². The Balaban J connectivity index is 2.18. The number of amides is 1. The standard InChI is InChI=1S/C9H17NOS2/c1-7-2-3-8(6-13-7)10-9(11)4-5-12/h7-8,12H,2-6H2,1H3,(H,10,11). The Bertz CT molecular complexity index is 167. The molecule has 1 amide bonds. The van der Waals surface area contributed by atoms with Crippen molar-refractivity contribution < 1.29 is 4.79 Å². The number of carbonyl (C=O) groups is 1. The summed E-state index contributed by atoms with van der Waals surface area (Å²) >= 11 is 5.98. The molecule has 0 aliphatic carbocycles. The zero-order valence-electron chi connectivity index (χ0n) is 7.95. The van der Waals surface area contributed by atoms with E-state index < -0.39 is 0 Å². The first kappa shape index (κ1) is 11.2. The monoisotopic (exact) mass is 219 g/mol. The zero-order valence-corrected chi connectivity index (χ0v) is 9.66. The minimum atomic E-state index is 0.148. The van der Waals surface area contributed by atoms with Crippen molar-refractivity contribution in [2.45, 2.75) is 37.5 Å². The van der Waals surface area contributed by atoms with Crippen LogP contribution in [0.5, 0.6) is 0 Å². The quantitative estimate of drug-likeness (QED) is 0.708. The smallest absolute Gasteiger partial charge is 0.221 e. The molecule has 4 heteroatoms. The van der Waals surface area contributed by atoms with Gasteiger partial charge in [-0.25, -0.2) is 0 Å². The van der Waals surface area contributed by atoms with Crippen molar-refractivity contribution in [3.05, 3.63) is 0 Å². The highest BCUT2D eigenvalue weighted by Crippen LogP contribution is 2.24. The maximum absolute atomic E-state index is 11.2. The molecule has 13 heavy (non-hydrogen) atoms. The molecule has 1 aliphatic rings. The summed E-state index contributed by atoms with van der Waals surface area (Å²) in [6.45, 7) is 2.25. The van der Waals surface area contributed by atoms with E-state index >= 15 is 0 Å². The third-order valence-corrected chi connectivity index (χ3v) is 3.83. The topological polar surface area (TPSA) is 29.1 Å². The first-order valence-corrected chi connectivity index (χ1v) is 6.42. The molecule has 1 N–H and O–H groups in total. The van der Waals surface area contributed by atoms with Gasteiger partial charge in [0.1, 0.15) is 0 Å². The lowest BCUT2D eigenvalue weighted by molar-refractivity contribution is -0.121. The number of hydrogen-bond donors (Lipinski definition) is 2. The largest absolute Gasteiger partial charge is 0.353 e. The molecular formula is C9H17NOS2. The highest BCUT2D eigenvalue weighted by atomic mass is 32.2. The Labute approximate surface area is 89.6 Å². The summed E-state index contributed by atoms with van der Waals surface area (Å²) in [5, 5.41) is 3.79. The van der Waals surface area contributed by atoms with Crippen molar-refractivity contribution in [3.8, 4) is 0 Å². The summed E-state index contributed by atoms with van der Waals surface area (Å²) in [5.41, 5.74) is 0. The second kappa shape index (κ2) is 5.81. The van der Waals surface area contributed by atoms with E-state index in [0.29, 0.717) is 18.2 Å². The van der Waals surface area contributed by atoms with Crippen LogP contribution in [0.15, 0.2) is 0 Å². The fraction of sp³-hybridized carbons (Fsp3) is 0.889. The highest BCUT2D eigenvalue weighted by Gasteiger charge is 2.19. The first-order chi connectivity index (χ1) is 6.22. The Hall–Kier alpha value is 0.170. The molecule has 1 saturated heterocycles. The zero-order chi connectivity index (χ0) is 9.68. The van der Waals surface area contributed by atoms with Gasteiger partial charge in [0.2, 0.25) is 5.91 Å². The Morgan fingerprint density at radius 3 is 2.92 bits per heavy atom. The minimum Gasteiger partial charge on any atom is -0.353 e. The number of hydrogen-bond acceptors (Lipinski definition) is 3. The van der Waals surface area contributed by atoms with Gasteiger partial charge in [-0.1, -0.05) is 6.92 Å². The van der Waals surface area contributed by atoms with Crippen LogP contribution in [0, 0.1) is 0 Å². The summed E-state index contributed by atoms with van der Waals surface area (Å²) in [4.78, 5) is 11.2. The molecule has 1 aliphatic heterocycles. The van der Waals surface area contributed by atoms with Gasteiger partial charge in [0.05, 0.1) is 0 Å². The summed E-state index contributed by atoms with van der Waals surface area (Å²) in [5.74, 6) is 1.86. The molecule has 2 atom stereocenters. The van der Waals surface area contributed by atoms with Gasteiger partial charge < -0.3 is 5.32 Å². The van der Waals surface area contributed by atoms with Crippen molar-refractivity contribution in [2.24, 2.45) is 0 Å². The van der Waals surface area contributed by atoms with Crippen LogP contribution in [0.1, 0.15) is 26.2 Å². The minimum absolute atomic E-state index is 0.148. The molecule has 1 fully saturated rings. The van der Waals surface area contributed by atoms with Crippen molar-refractivity contribution >= 4 is 30.3 Å². The van der Waals surface area contributed by atoms with Crippen LogP contribution in [0.2, 0.25) is 0 Å². The van der Waals surface area contributed by atoms with E-state index in [1.807, 2.05) is 11.8 Å². The SMILES string of the molecule is CC1CCC(NC(=O)CCS)CS1. The van der Waals surface area contributed by atoms with E-state index in [4.69, 9.17) is 0 Å². The second-order valence-electron chi connectivity index (χ2n) is 3.46. The lowest BCUT2D eigenvalue weighted by Crippen LogP contribution is -2.39. The average Bonchev–Trinajstić information content (AvgIpc) is 2.09. The van der Waals surface area contributed by atoms with Crippen molar-refractivity contribution in [1.82, 2.24) is 5.32 Å². The van der Waals surface area contributed by atoms with Gasteiger partial charge >= 0.3 is 0 Å². The van der Waals surface area contributed by atoms with Crippen LogP contribution in [-0.2, 0) is 4.79 Å². The number of thiol groups is 1. The lowest BCUT2D eigenvalue weighted by atomic mass is 10.1. The molecular weight excluding hydrogens is 202 g/mol. The van der Waals surface area contributed by atoms with E-state index in [1.165, 1.54) is 6.42 Å². The predicted octanol–water partition coefficient (Wildman–Crippen LogP) is 1.71. The fourth-order valence-electron chi connectivity index (χ4n) is 1.40. The van der Waals surface area contributed by atoms with Gasteiger partial charge in [0.15, 0.2) is 0 Å². The van der Waals surface area contributed by atoms with E-state index in [9.17, 15) is 4.79 Å². The fourth-order valence-corrected chi connectivity index (χ4v) is 2.71. The van der Waals surface area contributed by atoms with Gasteiger partial charge in [-0.15, -0.1) is 0 Å². The summed E-state index contributed by atoms with van der Waals surface area (Å²) in [6.07, 6.45) is 2.89. The third-order valence-electron chi connectivity index (χ3n) is 2.21. The first-order valence-electron chi connectivity index (χ1n) is 4.74. The van der Waals surface area contributed by atoms with Crippen molar-refractivity contribution in [3.63, 3.8) is 0 Å². The number of carbonyl (C=O) groups excluding carboxylic acids is 1. The van der Waals surface area contributed by atoms with Gasteiger partial charge in [0.25, 0.3) is 0 Å². The number of nitrogens with one attached hydrogen (secondary N) is 1. The van der Waals surface area contributed by atoms with Crippen LogP contribution < -0.4 is 5.32 Å². The number of rotatable bonds is 3. The maximum atomic E-state index is 11.2. The molecule has 0 saturated carbocycles. The Morgan fingerprint density at radius 1 is 1.62 bits per heavy atom. The maximum Gasteiger partial charge on any atom is 0.221 e. The molecule has 2 nitrogen and oxygen atoms in total. The van der Waals surface area contributed by atoms with E-state index in [1.54, 1.807) is 0 Å². The van der Waals surface area contributed by atoms with Crippen molar-refractivity contribution in [1.29, 1.82) is 0 Å². The van der Waals surface area contributed by atoms with Gasteiger partial charge in [0, 0.05) is 23.5 Å². The molecule has 0 aromatic rings. The van der Waals surface area contributed by atoms with E-state index in [2.05, 4.69) is 24.9 Å². The lowest BCUT2D eigenvalue weighted by Gasteiger charge is -2.26. The molecule has 1 heterocycles.